The van der Waals surface area contributed by atoms with Crippen molar-refractivity contribution in [1.29, 1.82) is 0 Å². The van der Waals surface area contributed by atoms with E-state index in [1.807, 2.05) is 0 Å². The Morgan fingerprint density at radius 2 is 1.28 bits per heavy atom. The fraction of sp³-hybridized carbons (Fsp3) is 0.667. The van der Waals surface area contributed by atoms with Crippen molar-refractivity contribution in [2.75, 3.05) is 5.43 Å². The topological polar surface area (TPSA) is 151 Å². The van der Waals surface area contributed by atoms with Crippen LogP contribution in [0.25, 0.3) is 0 Å². The molecule has 0 aliphatic heterocycles. The average Bonchev–Trinajstić information content (AvgIpc) is 2.79. The average molecular weight is 542 g/mol. The van der Waals surface area contributed by atoms with E-state index in [0.29, 0.717) is 6.42 Å². The van der Waals surface area contributed by atoms with Gasteiger partial charge in [-0.25, -0.2) is 8.42 Å². The van der Waals surface area contributed by atoms with E-state index < -0.39 is 32.8 Å². The number of hydrogen-bond donors (Lipinski definition) is 1. The molecule has 1 N–H and O–H groups in total. The second kappa shape index (κ2) is 22.6. The number of aliphatic carboxylic acids is 1. The largest absolute Gasteiger partial charge is 1.00 e. The van der Waals surface area contributed by atoms with Crippen LogP contribution in [0.1, 0.15) is 96.8 Å². The molecule has 0 aliphatic rings. The summed E-state index contributed by atoms with van der Waals surface area (Å²) in [5, 5.41) is 18.2. The first-order valence-corrected chi connectivity index (χ1v) is 13.6. The molecule has 1 unspecified atom stereocenters. The van der Waals surface area contributed by atoms with Crippen molar-refractivity contribution in [3.63, 3.8) is 0 Å². The molecule has 0 bridgehead atoms. The molecule has 36 heavy (non-hydrogen) atoms. The minimum absolute atomic E-state index is 0. The van der Waals surface area contributed by atoms with Crippen molar-refractivity contribution in [2.45, 2.75) is 108 Å². The molecule has 1 aromatic carbocycles. The summed E-state index contributed by atoms with van der Waals surface area (Å²) in [7, 11) is -4.56. The van der Waals surface area contributed by atoms with E-state index in [2.05, 4.69) is 22.7 Å². The van der Waals surface area contributed by atoms with E-state index in [9.17, 15) is 27.7 Å². The minimum atomic E-state index is -4.56. The third kappa shape index (κ3) is 18.0. The summed E-state index contributed by atoms with van der Waals surface area (Å²) in [5.41, 5.74) is 2.67. The Morgan fingerprint density at radius 1 is 0.833 bits per heavy atom. The van der Waals surface area contributed by atoms with Crippen molar-refractivity contribution >= 4 is 27.6 Å². The summed E-state index contributed by atoms with van der Waals surface area (Å²) in [4.78, 5) is 23.0. The van der Waals surface area contributed by atoms with Gasteiger partial charge in [-0.15, -0.1) is 0 Å². The van der Waals surface area contributed by atoms with E-state index in [1.54, 1.807) is 0 Å². The zero-order chi connectivity index (χ0) is 25.2. The third-order valence-corrected chi connectivity index (χ3v) is 6.40. The molecule has 0 saturated carbocycles. The molecule has 0 radical (unpaired) electrons. The molecule has 0 amide bonds. The van der Waals surface area contributed by atoms with Crippen molar-refractivity contribution in [3.05, 3.63) is 24.3 Å². The summed E-state index contributed by atoms with van der Waals surface area (Å²) < 4.78 is 32.7. The van der Waals surface area contributed by atoms with Gasteiger partial charge < -0.3 is 14.5 Å². The second-order valence-corrected chi connectivity index (χ2v) is 9.87. The van der Waals surface area contributed by atoms with Crippen LogP contribution in [0, 0.1) is 0 Å². The number of hydrogen-bond acceptors (Lipinski definition) is 8. The van der Waals surface area contributed by atoms with Crippen LogP contribution in [0.3, 0.4) is 0 Å². The summed E-state index contributed by atoms with van der Waals surface area (Å²) in [6.07, 6.45) is 15.3. The predicted octanol–water partition coefficient (Wildman–Crippen LogP) is -1.45. The smallest absolute Gasteiger partial charge is 0.744 e. The molecule has 0 aromatic heterocycles. The van der Waals surface area contributed by atoms with Crippen molar-refractivity contribution < 1.29 is 86.8 Å². The Hall–Kier alpha value is -0.330. The number of anilines is 1. The summed E-state index contributed by atoms with van der Waals surface area (Å²) in [5.74, 6) is -2.19. The van der Waals surface area contributed by atoms with Crippen LogP contribution in [0.5, 0.6) is 0 Å². The van der Waals surface area contributed by atoms with Crippen LogP contribution in [-0.2, 0) is 19.7 Å². The summed E-state index contributed by atoms with van der Waals surface area (Å²) in [6, 6.07) is 3.00. The fourth-order valence-electron chi connectivity index (χ4n) is 3.54. The van der Waals surface area contributed by atoms with Gasteiger partial charge in [-0.2, -0.15) is 5.11 Å². The van der Waals surface area contributed by atoms with Crippen LogP contribution in [0.15, 0.2) is 39.5 Å². The van der Waals surface area contributed by atoms with Crippen LogP contribution in [0.2, 0.25) is 0 Å². The number of carboxylic acid groups (broad SMARTS) is 1. The first-order valence-electron chi connectivity index (χ1n) is 12.2. The molecular formula is C24H37N3Na2O6S. The number of rotatable bonds is 20. The van der Waals surface area contributed by atoms with Gasteiger partial charge in [0, 0.05) is 6.42 Å². The predicted molar refractivity (Wildman–Crippen MR) is 127 cm³/mol. The Bertz CT molecular complexity index is 867. The van der Waals surface area contributed by atoms with Gasteiger partial charge in [-0.05, 0) is 30.7 Å². The SMILES string of the molecule is CCCCCCCCCCCCCCCC(=O)C(N=NNc1ccc(S(=O)(=O)[O-])cc1)C(=O)[O-].[Na+].[Na+]. The number of Topliss-reactive ketones (excluding diaryl/α,β-unsaturated/α-hetero) is 1. The first-order chi connectivity index (χ1) is 16.3. The van der Waals surface area contributed by atoms with Gasteiger partial charge in [0.25, 0.3) is 0 Å². The van der Waals surface area contributed by atoms with Crippen molar-refractivity contribution in [3.8, 4) is 0 Å². The molecule has 0 saturated heterocycles. The molecular weight excluding hydrogens is 504 g/mol. The van der Waals surface area contributed by atoms with Crippen molar-refractivity contribution in [1.82, 2.24) is 0 Å². The maximum atomic E-state index is 12.2. The third-order valence-electron chi connectivity index (χ3n) is 5.55. The van der Waals surface area contributed by atoms with E-state index in [0.717, 1.165) is 31.4 Å². The molecule has 9 nitrogen and oxygen atoms in total. The van der Waals surface area contributed by atoms with E-state index in [-0.39, 0.29) is 71.2 Å². The molecule has 0 fully saturated rings. The normalized spacial score (nSPS) is 11.9. The van der Waals surface area contributed by atoms with Gasteiger partial charge in [0.05, 0.1) is 16.6 Å². The Kier molecular flexibility index (Phi) is 23.8. The number of carbonyl (C=O) groups excluding carboxylic acids is 2. The Morgan fingerprint density at radius 3 is 1.69 bits per heavy atom. The molecule has 192 valence electrons. The zero-order valence-corrected chi connectivity index (χ0v) is 26.9. The summed E-state index contributed by atoms with van der Waals surface area (Å²) >= 11 is 0. The van der Waals surface area contributed by atoms with Crippen molar-refractivity contribution in [2.24, 2.45) is 10.3 Å². The molecule has 1 rings (SSSR count). The number of carbonyl (C=O) groups is 2. The monoisotopic (exact) mass is 541 g/mol. The van der Waals surface area contributed by atoms with Gasteiger partial charge >= 0.3 is 59.1 Å². The van der Waals surface area contributed by atoms with Gasteiger partial charge in [-0.3, -0.25) is 10.2 Å². The van der Waals surface area contributed by atoms with Gasteiger partial charge in [0.1, 0.15) is 10.1 Å². The minimum Gasteiger partial charge on any atom is -0.744 e. The van der Waals surface area contributed by atoms with Crippen LogP contribution in [-0.4, -0.2) is 30.8 Å². The fourth-order valence-corrected chi connectivity index (χ4v) is 4.01. The van der Waals surface area contributed by atoms with Gasteiger partial charge in [0.15, 0.2) is 11.8 Å². The van der Waals surface area contributed by atoms with E-state index in [1.165, 1.54) is 69.9 Å². The number of ketones is 1. The first kappa shape index (κ1) is 37.8. The van der Waals surface area contributed by atoms with Gasteiger partial charge in [0.2, 0.25) is 0 Å². The summed E-state index contributed by atoms with van der Waals surface area (Å²) in [6.45, 7) is 2.22. The molecule has 1 atom stereocenters. The van der Waals surface area contributed by atoms with E-state index >= 15 is 0 Å². The molecule has 12 heteroatoms. The number of benzene rings is 1. The van der Waals surface area contributed by atoms with Gasteiger partial charge in [-0.1, -0.05) is 89.2 Å². The quantitative estimate of drug-likeness (QED) is 0.0529. The Balaban J connectivity index is 0. The standard InChI is InChI=1S/C24H39N3O6S.2Na/c1-2-3-4-5-6-7-8-9-10-11-12-13-14-15-22(28)23(24(29)30)26-27-25-20-16-18-21(19-17-20)34(31,32)33;;/h16-19,23H,2-15H2,1H3,(H,25,26)(H,29,30)(H,31,32,33);;/q;2*+1/p-2. The molecule has 1 aromatic rings. The molecule has 0 aliphatic carbocycles. The molecule has 0 spiro atoms. The van der Waals surface area contributed by atoms with Crippen LogP contribution < -0.4 is 69.6 Å². The van der Waals surface area contributed by atoms with E-state index in [4.69, 9.17) is 0 Å². The maximum absolute atomic E-state index is 12.2. The maximum Gasteiger partial charge on any atom is 1.00 e. The number of nitrogens with zero attached hydrogens (tertiary/aromatic N) is 2. The van der Waals surface area contributed by atoms with Crippen LogP contribution in [0.4, 0.5) is 5.69 Å². The molecule has 0 heterocycles. The Labute approximate surface area is 260 Å². The van der Waals surface area contributed by atoms with Crippen LogP contribution >= 0.6 is 0 Å². The number of nitrogens with one attached hydrogen (secondary N) is 1. The number of carboxylic acids is 1. The second-order valence-electron chi connectivity index (χ2n) is 8.49. The zero-order valence-electron chi connectivity index (χ0n) is 22.0. The number of unbranched alkanes of at least 4 members (excludes halogenated alkanes) is 12.